The van der Waals surface area contributed by atoms with E-state index in [1.165, 1.54) is 11.1 Å². The van der Waals surface area contributed by atoms with Crippen LogP contribution in [0.15, 0.2) is 46.9 Å². The van der Waals surface area contributed by atoms with E-state index in [-0.39, 0.29) is 0 Å². The molecule has 0 spiro atoms. The third-order valence-corrected chi connectivity index (χ3v) is 3.27. The van der Waals surface area contributed by atoms with Crippen LogP contribution in [0.1, 0.15) is 18.1 Å². The van der Waals surface area contributed by atoms with Gasteiger partial charge in [0.2, 0.25) is 5.89 Å². The molecule has 0 unspecified atom stereocenters. The summed E-state index contributed by atoms with van der Waals surface area (Å²) in [6.07, 6.45) is 0.976. The third kappa shape index (κ3) is 1.70. The molecular weight excluding hydrogens is 222 g/mol. The second-order valence-corrected chi connectivity index (χ2v) is 4.45. The zero-order valence-corrected chi connectivity index (χ0v) is 10.6. The molecule has 0 saturated heterocycles. The predicted octanol–water partition coefficient (Wildman–Crippen LogP) is 4.37. The third-order valence-electron chi connectivity index (χ3n) is 3.27. The summed E-state index contributed by atoms with van der Waals surface area (Å²) >= 11 is 0. The Bertz CT molecular complexity index is 683. The first-order chi connectivity index (χ1) is 8.79. The van der Waals surface area contributed by atoms with Gasteiger partial charge in [-0.1, -0.05) is 31.2 Å². The average Bonchev–Trinajstić information content (AvgIpc) is 2.84. The molecule has 0 N–H and O–H groups in total. The van der Waals surface area contributed by atoms with E-state index in [9.17, 15) is 0 Å². The molecule has 18 heavy (non-hydrogen) atoms. The van der Waals surface area contributed by atoms with Crippen molar-refractivity contribution in [2.75, 3.05) is 0 Å². The molecule has 0 saturated carbocycles. The maximum atomic E-state index is 5.84. The van der Waals surface area contributed by atoms with E-state index in [0.717, 1.165) is 23.1 Å². The van der Waals surface area contributed by atoms with Gasteiger partial charge in [0.1, 0.15) is 5.52 Å². The molecular formula is C16H15NO. The van der Waals surface area contributed by atoms with E-state index in [1.54, 1.807) is 0 Å². The van der Waals surface area contributed by atoms with Crippen molar-refractivity contribution in [2.24, 2.45) is 0 Å². The highest BCUT2D eigenvalue weighted by Crippen LogP contribution is 2.28. The Kier molecular flexibility index (Phi) is 2.63. The van der Waals surface area contributed by atoms with Crippen LogP contribution >= 0.6 is 0 Å². The first-order valence-corrected chi connectivity index (χ1v) is 6.24. The lowest BCUT2D eigenvalue weighted by Gasteiger charge is -2.01. The average molecular weight is 237 g/mol. The number of aromatic nitrogens is 1. The number of hydrogen-bond acceptors (Lipinski definition) is 2. The molecule has 0 radical (unpaired) electrons. The summed E-state index contributed by atoms with van der Waals surface area (Å²) in [5, 5.41) is 0. The number of nitrogens with zero attached hydrogens (tertiary/aromatic N) is 1. The predicted molar refractivity (Wildman–Crippen MR) is 73.6 cm³/mol. The van der Waals surface area contributed by atoms with Crippen molar-refractivity contribution in [2.45, 2.75) is 20.3 Å². The molecule has 0 amide bonds. The topological polar surface area (TPSA) is 26.0 Å². The monoisotopic (exact) mass is 237 g/mol. The molecule has 0 aliphatic carbocycles. The Morgan fingerprint density at radius 3 is 2.56 bits per heavy atom. The van der Waals surface area contributed by atoms with Crippen LogP contribution < -0.4 is 0 Å². The van der Waals surface area contributed by atoms with E-state index in [2.05, 4.69) is 24.9 Å². The van der Waals surface area contributed by atoms with E-state index in [0.29, 0.717) is 5.89 Å². The lowest BCUT2D eigenvalue weighted by molar-refractivity contribution is 0.620. The van der Waals surface area contributed by atoms with E-state index in [4.69, 9.17) is 4.42 Å². The van der Waals surface area contributed by atoms with Crippen LogP contribution in [0, 0.1) is 6.92 Å². The SMILES string of the molecule is CCc1c(C)ccc2oc(-c3ccccc3)nc12. The molecule has 90 valence electrons. The lowest BCUT2D eigenvalue weighted by Crippen LogP contribution is -1.87. The van der Waals surface area contributed by atoms with Gasteiger partial charge in [0.15, 0.2) is 5.58 Å². The van der Waals surface area contributed by atoms with Gasteiger partial charge in [0, 0.05) is 5.56 Å². The first-order valence-electron chi connectivity index (χ1n) is 6.24. The van der Waals surface area contributed by atoms with Crippen molar-refractivity contribution in [3.8, 4) is 11.5 Å². The second kappa shape index (κ2) is 4.30. The number of rotatable bonds is 2. The standard InChI is InChI=1S/C16H15NO/c1-3-13-11(2)9-10-14-15(13)17-16(18-14)12-7-5-4-6-8-12/h4-10H,3H2,1-2H3. The fraction of sp³-hybridized carbons (Fsp3) is 0.188. The Labute approximate surface area is 106 Å². The minimum absolute atomic E-state index is 0.700. The van der Waals surface area contributed by atoms with Gasteiger partial charge in [-0.3, -0.25) is 0 Å². The van der Waals surface area contributed by atoms with Crippen molar-refractivity contribution in [3.05, 3.63) is 53.6 Å². The first kappa shape index (κ1) is 11.0. The van der Waals surface area contributed by atoms with Crippen LogP contribution in [0.25, 0.3) is 22.6 Å². The molecule has 3 aromatic rings. The molecule has 0 bridgehead atoms. The summed E-state index contributed by atoms with van der Waals surface area (Å²) in [6.45, 7) is 4.27. The number of benzene rings is 2. The smallest absolute Gasteiger partial charge is 0.227 e. The normalized spacial score (nSPS) is 11.0. The van der Waals surface area contributed by atoms with Gasteiger partial charge < -0.3 is 4.42 Å². The molecule has 0 fully saturated rings. The van der Waals surface area contributed by atoms with Crippen LogP contribution in [-0.4, -0.2) is 4.98 Å². The van der Waals surface area contributed by atoms with E-state index < -0.39 is 0 Å². The summed E-state index contributed by atoms with van der Waals surface area (Å²) in [5.41, 5.74) is 5.44. The minimum atomic E-state index is 0.700. The highest BCUT2D eigenvalue weighted by Gasteiger charge is 2.11. The van der Waals surface area contributed by atoms with E-state index >= 15 is 0 Å². The molecule has 1 heterocycles. The maximum absolute atomic E-state index is 5.84. The molecule has 3 rings (SSSR count). The summed E-state index contributed by atoms with van der Waals surface area (Å²) in [6, 6.07) is 14.1. The molecule has 1 aromatic heterocycles. The van der Waals surface area contributed by atoms with Gasteiger partial charge in [-0.25, -0.2) is 4.98 Å². The van der Waals surface area contributed by atoms with Gasteiger partial charge in [0.25, 0.3) is 0 Å². The zero-order chi connectivity index (χ0) is 12.5. The fourth-order valence-electron chi connectivity index (χ4n) is 2.30. The number of oxazole rings is 1. The highest BCUT2D eigenvalue weighted by atomic mass is 16.3. The van der Waals surface area contributed by atoms with Crippen LogP contribution in [0.2, 0.25) is 0 Å². The summed E-state index contributed by atoms with van der Waals surface area (Å²) < 4.78 is 5.84. The highest BCUT2D eigenvalue weighted by molar-refractivity contribution is 5.80. The minimum Gasteiger partial charge on any atom is -0.436 e. The molecule has 2 nitrogen and oxygen atoms in total. The Morgan fingerprint density at radius 2 is 1.83 bits per heavy atom. The van der Waals surface area contributed by atoms with Crippen molar-refractivity contribution in [1.82, 2.24) is 4.98 Å². The zero-order valence-electron chi connectivity index (χ0n) is 10.6. The Morgan fingerprint density at radius 1 is 1.06 bits per heavy atom. The largest absolute Gasteiger partial charge is 0.436 e. The van der Waals surface area contributed by atoms with Crippen molar-refractivity contribution in [3.63, 3.8) is 0 Å². The van der Waals surface area contributed by atoms with Crippen LogP contribution in [0.5, 0.6) is 0 Å². The van der Waals surface area contributed by atoms with Crippen LogP contribution in [-0.2, 0) is 6.42 Å². The lowest BCUT2D eigenvalue weighted by atomic mass is 10.1. The number of aryl methyl sites for hydroxylation is 2. The molecule has 0 atom stereocenters. The second-order valence-electron chi connectivity index (χ2n) is 4.45. The Balaban J connectivity index is 2.23. The van der Waals surface area contributed by atoms with Crippen molar-refractivity contribution in [1.29, 1.82) is 0 Å². The maximum Gasteiger partial charge on any atom is 0.227 e. The van der Waals surface area contributed by atoms with Gasteiger partial charge in [-0.05, 0) is 42.7 Å². The van der Waals surface area contributed by atoms with Gasteiger partial charge in [-0.2, -0.15) is 0 Å². The molecule has 2 aromatic carbocycles. The molecule has 2 heteroatoms. The van der Waals surface area contributed by atoms with Crippen LogP contribution in [0.3, 0.4) is 0 Å². The van der Waals surface area contributed by atoms with Gasteiger partial charge in [-0.15, -0.1) is 0 Å². The van der Waals surface area contributed by atoms with E-state index in [1.807, 2.05) is 36.4 Å². The summed E-state index contributed by atoms with van der Waals surface area (Å²) in [7, 11) is 0. The number of fused-ring (bicyclic) bond motifs is 1. The van der Waals surface area contributed by atoms with Gasteiger partial charge >= 0.3 is 0 Å². The van der Waals surface area contributed by atoms with Gasteiger partial charge in [0.05, 0.1) is 0 Å². The number of hydrogen-bond donors (Lipinski definition) is 0. The fourth-order valence-corrected chi connectivity index (χ4v) is 2.30. The Hall–Kier alpha value is -2.09. The van der Waals surface area contributed by atoms with Crippen LogP contribution in [0.4, 0.5) is 0 Å². The van der Waals surface area contributed by atoms with Crippen molar-refractivity contribution < 1.29 is 4.42 Å². The summed E-state index contributed by atoms with van der Waals surface area (Å²) in [4.78, 5) is 4.65. The van der Waals surface area contributed by atoms with Crippen molar-refractivity contribution >= 4 is 11.1 Å². The molecule has 0 aliphatic rings. The quantitative estimate of drug-likeness (QED) is 0.661. The molecule has 0 aliphatic heterocycles. The summed E-state index contributed by atoms with van der Waals surface area (Å²) in [5.74, 6) is 0.700.